The Bertz CT molecular complexity index is 193. The Balaban J connectivity index is -0.000000300. The molecule has 0 N–H and O–H groups in total. The molecule has 0 aromatic rings. The third kappa shape index (κ3) is 29.9. The summed E-state index contributed by atoms with van der Waals surface area (Å²) in [6, 6.07) is 0. The minimum absolute atomic E-state index is 0.334. The summed E-state index contributed by atoms with van der Waals surface area (Å²) in [6.45, 7) is 10.2. The van der Waals surface area contributed by atoms with Crippen molar-refractivity contribution in [1.82, 2.24) is 0 Å². The Kier molecular flexibility index (Phi) is 25.1. The monoisotopic (exact) mass is 390 g/mol. The van der Waals surface area contributed by atoms with E-state index in [1.54, 1.807) is 28.2 Å². The average molecular weight is 391 g/mol. The number of halogens is 2. The fourth-order valence-electron chi connectivity index (χ4n) is 1.54. The molecule has 1 fully saturated rings. The first-order valence-electron chi connectivity index (χ1n) is 7.03. The zero-order chi connectivity index (χ0) is 17.3. The van der Waals surface area contributed by atoms with E-state index in [0.717, 1.165) is 12.5 Å². The Morgan fingerprint density at radius 2 is 1.43 bits per heavy atom. The first kappa shape index (κ1) is 27.2. The van der Waals surface area contributed by atoms with Gasteiger partial charge in [-0.2, -0.15) is 28.2 Å². The van der Waals surface area contributed by atoms with Gasteiger partial charge in [0.05, 0.1) is 0 Å². The molecule has 0 bridgehead atoms. The van der Waals surface area contributed by atoms with E-state index in [1.165, 1.54) is 12.8 Å². The van der Waals surface area contributed by atoms with Gasteiger partial charge in [-0.25, -0.2) is 6.17 Å². The predicted octanol–water partition coefficient (Wildman–Crippen LogP) is 5.94. The van der Waals surface area contributed by atoms with E-state index < -0.39 is 25.3 Å². The molecule has 2 unspecified atom stereocenters. The van der Waals surface area contributed by atoms with Gasteiger partial charge in [-0.15, -0.1) is 6.54 Å². The second-order valence-corrected chi connectivity index (χ2v) is 13.0. The molecule has 8 heteroatoms. The summed E-state index contributed by atoms with van der Waals surface area (Å²) in [6.07, 6.45) is 2.78. The van der Waals surface area contributed by atoms with E-state index in [0.29, 0.717) is 6.17 Å². The van der Waals surface area contributed by atoms with Crippen molar-refractivity contribution >= 4 is 26.8 Å². The number of hydrogen-bond donors (Lipinski definition) is 0. The molecule has 0 aromatic carbocycles. The van der Waals surface area contributed by atoms with Crippen molar-refractivity contribution in [3.05, 3.63) is 20.9 Å². The molecule has 1 aliphatic heterocycles. The second kappa shape index (κ2) is 19.4. The summed E-state index contributed by atoms with van der Waals surface area (Å²) >= 11 is -0.556. The van der Waals surface area contributed by atoms with Crippen molar-refractivity contribution in [2.24, 2.45) is 5.92 Å². The minimum atomic E-state index is -1.24. The maximum atomic E-state index is 4.89. The zero-order valence-corrected chi connectivity index (χ0v) is 18.9. The van der Waals surface area contributed by atoms with Crippen LogP contribution < -0.4 is 0 Å². The zero-order valence-electron chi connectivity index (χ0n) is 14.8. The molecule has 2 atom stereocenters. The van der Waals surface area contributed by atoms with E-state index in [1.807, 2.05) is 0 Å². The number of rotatable bonds is 2. The topological polar surface area (TPSA) is 56.4 Å². The second-order valence-electron chi connectivity index (χ2n) is 5.78. The van der Waals surface area contributed by atoms with Crippen molar-refractivity contribution < 1.29 is 17.0 Å². The van der Waals surface area contributed by atoms with Crippen LogP contribution in [0, 0.1) is 5.92 Å². The standard InChI is InChI=1S/C9H20N2Si.2C2H6N.2ClH.Ti/c1-8-5-6-10-9(7-8)11-12(2,3)4;2*1-3-2;;;/h8-9H,5-7H2,1-4H3;2*1-2H3;2*1H;/q-2;2*-1;;;+6/p-2. The summed E-state index contributed by atoms with van der Waals surface area (Å²) in [5.41, 5.74) is 0. The molecule has 1 rings (SSSR count). The first-order chi connectivity index (χ1) is 9.71. The van der Waals surface area contributed by atoms with Gasteiger partial charge in [0.15, 0.2) is 0 Å². The Morgan fingerprint density at radius 3 is 1.71 bits per heavy atom. The van der Waals surface area contributed by atoms with Crippen molar-refractivity contribution in [3.8, 4) is 0 Å². The molecule has 1 aliphatic rings. The van der Waals surface area contributed by atoms with Gasteiger partial charge in [0.25, 0.3) is 0 Å². The number of piperidine rings is 1. The van der Waals surface area contributed by atoms with Gasteiger partial charge in [-0.1, -0.05) is 47.6 Å². The van der Waals surface area contributed by atoms with Crippen LogP contribution in [0.25, 0.3) is 20.9 Å². The molecule has 21 heavy (non-hydrogen) atoms. The predicted molar refractivity (Wildman–Crippen MR) is 99.2 cm³/mol. The SMILES string of the molecule is CC1CC[N-]C([N-][Si](C)(C)C)C1.C[N-]C.C[N-]C.[Cl][Ti+4][Cl]. The van der Waals surface area contributed by atoms with Gasteiger partial charge >= 0.3 is 35.6 Å². The molecule has 1 heterocycles. The van der Waals surface area contributed by atoms with Gasteiger partial charge < -0.3 is 20.9 Å². The molecule has 0 spiro atoms. The van der Waals surface area contributed by atoms with Crippen LogP contribution in [0.3, 0.4) is 0 Å². The average Bonchev–Trinajstić information content (AvgIpc) is 2.29. The van der Waals surface area contributed by atoms with E-state index >= 15 is 0 Å². The molecule has 0 aromatic heterocycles. The Hall–Kier alpha value is 1.35. The summed E-state index contributed by atoms with van der Waals surface area (Å²) in [4.78, 5) is 4.79. The van der Waals surface area contributed by atoms with Crippen molar-refractivity contribution in [2.75, 3.05) is 34.7 Å². The molecular formula is C13H32Cl2N4SiTi. The summed E-state index contributed by atoms with van der Waals surface area (Å²) in [5.74, 6) is 0.826. The Labute approximate surface area is 150 Å². The van der Waals surface area contributed by atoms with Crippen LogP contribution in [-0.2, 0) is 17.0 Å². The summed E-state index contributed by atoms with van der Waals surface area (Å²) in [7, 11) is 15.5. The van der Waals surface area contributed by atoms with Crippen molar-refractivity contribution in [2.45, 2.75) is 45.6 Å². The van der Waals surface area contributed by atoms with Crippen LogP contribution in [0.5, 0.6) is 0 Å². The third-order valence-corrected chi connectivity index (χ3v) is 3.18. The van der Waals surface area contributed by atoms with Gasteiger partial charge in [0, 0.05) is 0 Å². The Morgan fingerprint density at radius 1 is 1.05 bits per heavy atom. The van der Waals surface area contributed by atoms with Crippen LogP contribution in [0.4, 0.5) is 0 Å². The van der Waals surface area contributed by atoms with Gasteiger partial charge in [0.2, 0.25) is 0 Å². The molecular weight excluding hydrogens is 359 g/mol. The van der Waals surface area contributed by atoms with E-state index in [-0.39, 0.29) is 0 Å². The maximum absolute atomic E-state index is 4.89. The van der Waals surface area contributed by atoms with Gasteiger partial charge in [0.1, 0.15) is 0 Å². The fraction of sp³-hybridized carbons (Fsp3) is 1.00. The normalized spacial score (nSPS) is 21.0. The molecule has 126 valence electrons. The molecule has 4 nitrogen and oxygen atoms in total. The number of hydrogen-bond acceptors (Lipinski definition) is 0. The van der Waals surface area contributed by atoms with Crippen LogP contribution in [-0.4, -0.2) is 49.1 Å². The van der Waals surface area contributed by atoms with Crippen LogP contribution >= 0.6 is 18.6 Å². The molecule has 1 saturated heterocycles. The van der Waals surface area contributed by atoms with Crippen molar-refractivity contribution in [3.63, 3.8) is 0 Å². The molecule has 0 saturated carbocycles. The van der Waals surface area contributed by atoms with Crippen LogP contribution in [0.1, 0.15) is 19.8 Å². The summed E-state index contributed by atoms with van der Waals surface area (Å²) < 4.78 is 0. The number of nitrogens with zero attached hydrogens (tertiary/aromatic N) is 4. The fourth-order valence-corrected chi connectivity index (χ4v) is 2.62. The van der Waals surface area contributed by atoms with Crippen LogP contribution in [0.2, 0.25) is 19.6 Å². The van der Waals surface area contributed by atoms with Gasteiger partial charge in [-0.3, -0.25) is 0 Å². The van der Waals surface area contributed by atoms with Gasteiger partial charge in [-0.05, 0) is 5.92 Å². The van der Waals surface area contributed by atoms with Crippen molar-refractivity contribution in [1.29, 1.82) is 0 Å². The van der Waals surface area contributed by atoms with Crippen LogP contribution in [0.15, 0.2) is 0 Å². The molecule has 0 radical (unpaired) electrons. The van der Waals surface area contributed by atoms with E-state index in [4.69, 9.17) is 23.6 Å². The first-order valence-corrected chi connectivity index (χ1v) is 14.8. The summed E-state index contributed by atoms with van der Waals surface area (Å²) in [5, 5.41) is 11.5. The third-order valence-electron chi connectivity index (χ3n) is 2.11. The van der Waals surface area contributed by atoms with E-state index in [9.17, 15) is 0 Å². The van der Waals surface area contributed by atoms with E-state index in [2.05, 4.69) is 42.5 Å². The quantitative estimate of drug-likeness (QED) is 0.523. The molecule has 0 amide bonds. The molecule has 0 aliphatic carbocycles.